The van der Waals surface area contributed by atoms with E-state index < -0.39 is 0 Å². The van der Waals surface area contributed by atoms with E-state index in [1.54, 1.807) is 6.92 Å². The molecule has 1 saturated heterocycles. The second-order valence-electron chi connectivity index (χ2n) is 12.8. The Morgan fingerprint density at radius 3 is 2.36 bits per heavy atom. The second kappa shape index (κ2) is 11.3. The number of carbonyl (C=O) groups is 1. The zero-order chi connectivity index (χ0) is 30.0. The predicted octanol–water partition coefficient (Wildman–Crippen LogP) is 7.54. The van der Waals surface area contributed by atoms with E-state index in [0.717, 1.165) is 96.4 Å². The number of hydrogen-bond donors (Lipinski definition) is 0. The highest BCUT2D eigenvalue weighted by atomic mass is 35.5. The predicted molar refractivity (Wildman–Crippen MR) is 180 cm³/mol. The number of benzene rings is 4. The van der Waals surface area contributed by atoms with Gasteiger partial charge in [-0.05, 0) is 116 Å². The molecule has 0 saturated carbocycles. The maximum absolute atomic E-state index is 14.2. The molecule has 1 spiro atoms. The Balaban J connectivity index is 0.00000325. The Hall–Kier alpha value is -4.20. The van der Waals surface area contributed by atoms with Crippen LogP contribution in [0.4, 0.5) is 5.69 Å². The van der Waals surface area contributed by atoms with Crippen molar-refractivity contribution in [2.45, 2.75) is 44.9 Å². The lowest BCUT2D eigenvalue weighted by Crippen LogP contribution is -2.42. The fourth-order valence-electron chi connectivity index (χ4n) is 7.50. The Labute approximate surface area is 269 Å². The van der Waals surface area contributed by atoms with Crippen LogP contribution >= 0.6 is 12.4 Å². The number of hydrogen-bond acceptors (Lipinski definition) is 6. The van der Waals surface area contributed by atoms with Gasteiger partial charge < -0.3 is 19.0 Å². The minimum Gasteiger partial charge on any atom is -0.492 e. The largest absolute Gasteiger partial charge is 0.492 e. The first-order chi connectivity index (χ1) is 21.4. The molecule has 0 radical (unpaired) electrons. The molecule has 8 heteroatoms. The number of aryl methyl sites for hydroxylation is 3. The van der Waals surface area contributed by atoms with Gasteiger partial charge in [0.2, 0.25) is 11.8 Å². The first kappa shape index (κ1) is 29.5. The second-order valence-corrected chi connectivity index (χ2v) is 12.8. The van der Waals surface area contributed by atoms with Crippen molar-refractivity contribution in [3.05, 3.63) is 94.9 Å². The van der Waals surface area contributed by atoms with E-state index in [-0.39, 0.29) is 23.7 Å². The molecule has 0 N–H and O–H groups in total. The van der Waals surface area contributed by atoms with Crippen LogP contribution in [0.5, 0.6) is 5.75 Å². The van der Waals surface area contributed by atoms with Crippen molar-refractivity contribution in [1.29, 1.82) is 0 Å². The van der Waals surface area contributed by atoms with Crippen molar-refractivity contribution in [2.24, 2.45) is 0 Å². The van der Waals surface area contributed by atoms with Crippen molar-refractivity contribution in [3.8, 4) is 28.3 Å². The molecule has 230 valence electrons. The first-order valence-electron chi connectivity index (χ1n) is 15.6. The van der Waals surface area contributed by atoms with Gasteiger partial charge >= 0.3 is 0 Å². The van der Waals surface area contributed by atoms with Gasteiger partial charge in [-0.2, -0.15) is 0 Å². The number of anilines is 1. The van der Waals surface area contributed by atoms with Crippen LogP contribution in [0.3, 0.4) is 0 Å². The fraction of sp³-hybridized carbons (Fsp3) is 0.324. The molecule has 8 rings (SSSR count). The van der Waals surface area contributed by atoms with Gasteiger partial charge in [0.15, 0.2) is 0 Å². The van der Waals surface area contributed by atoms with Crippen molar-refractivity contribution >= 4 is 34.8 Å². The summed E-state index contributed by atoms with van der Waals surface area (Å²) in [7, 11) is 2.19. The lowest BCUT2D eigenvalue weighted by molar-refractivity contribution is 0.0985. The highest BCUT2D eigenvalue weighted by Crippen LogP contribution is 2.48. The van der Waals surface area contributed by atoms with Gasteiger partial charge in [0.1, 0.15) is 5.75 Å². The number of amides is 1. The highest BCUT2D eigenvalue weighted by molar-refractivity contribution is 6.08. The number of halogens is 1. The normalized spacial score (nSPS) is 17.1. The molecule has 45 heavy (non-hydrogen) atoms. The van der Waals surface area contributed by atoms with E-state index in [1.807, 2.05) is 29.2 Å². The van der Waals surface area contributed by atoms with Gasteiger partial charge in [-0.3, -0.25) is 4.79 Å². The van der Waals surface area contributed by atoms with Crippen LogP contribution in [0.15, 0.2) is 71.1 Å². The third-order valence-corrected chi connectivity index (χ3v) is 10.0. The zero-order valence-corrected chi connectivity index (χ0v) is 26.7. The molecule has 4 aromatic carbocycles. The third kappa shape index (κ3) is 4.89. The minimum absolute atomic E-state index is 0. The molecule has 1 fully saturated rings. The van der Waals surface area contributed by atoms with Crippen LogP contribution in [0, 0.1) is 13.8 Å². The summed E-state index contributed by atoms with van der Waals surface area (Å²) in [5.41, 5.74) is 8.52. The van der Waals surface area contributed by atoms with Gasteiger partial charge in [0, 0.05) is 41.3 Å². The topological polar surface area (TPSA) is 71.7 Å². The van der Waals surface area contributed by atoms with Gasteiger partial charge in [-0.25, -0.2) is 0 Å². The Morgan fingerprint density at radius 2 is 1.62 bits per heavy atom. The number of likely N-dealkylation sites (tertiary alicyclic amines) is 1. The van der Waals surface area contributed by atoms with Gasteiger partial charge in [-0.1, -0.05) is 36.4 Å². The van der Waals surface area contributed by atoms with Crippen molar-refractivity contribution in [1.82, 2.24) is 15.1 Å². The van der Waals surface area contributed by atoms with Crippen LogP contribution in [0.2, 0.25) is 0 Å². The highest BCUT2D eigenvalue weighted by Gasteiger charge is 2.43. The lowest BCUT2D eigenvalue weighted by Gasteiger charge is -2.37. The number of carbonyl (C=O) groups excluding carboxylic acids is 1. The van der Waals surface area contributed by atoms with E-state index in [1.165, 1.54) is 11.1 Å². The Bertz CT molecular complexity index is 1940. The third-order valence-electron chi connectivity index (χ3n) is 10.0. The smallest absolute Gasteiger partial charge is 0.258 e. The molecule has 1 aromatic heterocycles. The summed E-state index contributed by atoms with van der Waals surface area (Å²) in [6.07, 6.45) is 4.10. The molecule has 3 aliphatic rings. The molecule has 5 aromatic rings. The van der Waals surface area contributed by atoms with Crippen LogP contribution in [-0.2, 0) is 11.8 Å². The van der Waals surface area contributed by atoms with Gasteiger partial charge in [-0.15, -0.1) is 22.6 Å². The molecule has 3 aliphatic heterocycles. The summed E-state index contributed by atoms with van der Waals surface area (Å²) in [5.74, 6) is 2.14. The molecular formula is C37H37ClN4O3. The average molecular weight is 621 g/mol. The Kier molecular flexibility index (Phi) is 7.41. The standard InChI is InChI=1S/C37H36N4O3.ClH/c1-23-19-26(12-13-27(23)28-8-4-10-30-29(28)9-5-11-31(30)35-39-38-24(2)44-35)36(42)41-16-6-7-25-20-34-32(21-33(25)41)37(22-43-34)14-17-40(3)18-15-37;/h4-5,8-13,19-21H,6-7,14-18,22H2,1-3H3;1H. The van der Waals surface area contributed by atoms with Gasteiger partial charge in [0.05, 0.1) is 6.61 Å². The van der Waals surface area contributed by atoms with Crippen molar-refractivity contribution in [3.63, 3.8) is 0 Å². The monoisotopic (exact) mass is 620 g/mol. The molecule has 0 bridgehead atoms. The molecular weight excluding hydrogens is 584 g/mol. The van der Waals surface area contributed by atoms with E-state index in [0.29, 0.717) is 17.3 Å². The summed E-state index contributed by atoms with van der Waals surface area (Å²) in [5, 5.41) is 10.4. The fourth-order valence-corrected chi connectivity index (χ4v) is 7.50. The number of piperidine rings is 1. The molecule has 7 nitrogen and oxygen atoms in total. The summed E-state index contributed by atoms with van der Waals surface area (Å²) in [6.45, 7) is 7.51. The maximum Gasteiger partial charge on any atom is 0.258 e. The van der Waals surface area contributed by atoms with Gasteiger partial charge in [0.25, 0.3) is 5.91 Å². The maximum atomic E-state index is 14.2. The number of aromatic nitrogens is 2. The zero-order valence-electron chi connectivity index (χ0n) is 25.9. The minimum atomic E-state index is 0. The number of ether oxygens (including phenoxy) is 1. The molecule has 0 unspecified atom stereocenters. The van der Waals surface area contributed by atoms with E-state index in [2.05, 4.69) is 71.5 Å². The van der Waals surface area contributed by atoms with E-state index >= 15 is 0 Å². The first-order valence-corrected chi connectivity index (χ1v) is 15.6. The van der Waals surface area contributed by atoms with Crippen LogP contribution < -0.4 is 9.64 Å². The molecule has 1 amide bonds. The molecule has 4 heterocycles. The van der Waals surface area contributed by atoms with Crippen LogP contribution in [0.25, 0.3) is 33.4 Å². The van der Waals surface area contributed by atoms with Crippen molar-refractivity contribution in [2.75, 3.05) is 38.2 Å². The number of fused-ring (bicyclic) bond motifs is 4. The average Bonchev–Trinajstić information content (AvgIpc) is 3.63. The Morgan fingerprint density at radius 1 is 0.867 bits per heavy atom. The summed E-state index contributed by atoms with van der Waals surface area (Å²) in [4.78, 5) is 18.6. The lowest BCUT2D eigenvalue weighted by atomic mass is 9.74. The van der Waals surface area contributed by atoms with Crippen LogP contribution in [0.1, 0.15) is 52.2 Å². The number of rotatable bonds is 3. The van der Waals surface area contributed by atoms with E-state index in [4.69, 9.17) is 9.15 Å². The van der Waals surface area contributed by atoms with E-state index in [9.17, 15) is 4.79 Å². The summed E-state index contributed by atoms with van der Waals surface area (Å²) < 4.78 is 12.0. The molecule has 0 aliphatic carbocycles. The summed E-state index contributed by atoms with van der Waals surface area (Å²) in [6, 6.07) is 23.1. The molecule has 0 atom stereocenters. The quantitative estimate of drug-likeness (QED) is 0.207. The summed E-state index contributed by atoms with van der Waals surface area (Å²) >= 11 is 0. The van der Waals surface area contributed by atoms with Crippen molar-refractivity contribution < 1.29 is 13.9 Å². The van der Waals surface area contributed by atoms with Crippen LogP contribution in [-0.4, -0.2) is 54.3 Å². The number of nitrogens with zero attached hydrogens (tertiary/aromatic N) is 4. The SMILES string of the molecule is Cc1nnc(-c2cccc3c(-c4ccc(C(=O)N5CCCc6cc7c(cc65)C5(CCN(C)CC5)CO7)cc4C)cccc23)o1.Cl.